The average molecular weight is 362 g/mol. The molecule has 124 valence electrons. The maximum atomic E-state index is 12.4. The average Bonchev–Trinajstić information content (AvgIpc) is 3.18. The van der Waals surface area contributed by atoms with Gasteiger partial charge >= 0.3 is 0 Å². The molecule has 2 amide bonds. The van der Waals surface area contributed by atoms with Gasteiger partial charge in [-0.25, -0.2) is 4.98 Å². The molecule has 4 rings (SSSR count). The monoisotopic (exact) mass is 361 g/mol. The molecule has 0 radical (unpaired) electrons. The summed E-state index contributed by atoms with van der Waals surface area (Å²) in [5, 5.41) is 5.98. The van der Waals surface area contributed by atoms with Crippen LogP contribution >= 0.6 is 22.9 Å². The first-order valence-corrected chi connectivity index (χ1v) is 9.18. The van der Waals surface area contributed by atoms with Gasteiger partial charge in [0, 0.05) is 35.0 Å². The number of aromatic nitrogens is 1. The summed E-state index contributed by atoms with van der Waals surface area (Å²) >= 11 is 7.27. The Labute approximate surface area is 148 Å². The molecule has 0 unspecified atom stereocenters. The van der Waals surface area contributed by atoms with Gasteiger partial charge in [0.2, 0.25) is 11.8 Å². The second kappa shape index (κ2) is 6.18. The number of likely N-dealkylation sites (tertiary alicyclic amines) is 1. The summed E-state index contributed by atoms with van der Waals surface area (Å²) in [5.74, 6) is -0.303. The van der Waals surface area contributed by atoms with E-state index in [1.807, 2.05) is 34.5 Å². The summed E-state index contributed by atoms with van der Waals surface area (Å²) in [6, 6.07) is 7.78. The van der Waals surface area contributed by atoms with Crippen LogP contribution in [0.2, 0.25) is 5.02 Å². The van der Waals surface area contributed by atoms with Crippen LogP contribution in [0.3, 0.4) is 0 Å². The molecular formula is C17H16ClN3O2S. The van der Waals surface area contributed by atoms with Crippen molar-refractivity contribution < 1.29 is 9.59 Å². The van der Waals surface area contributed by atoms with Crippen LogP contribution in [0, 0.1) is 5.92 Å². The van der Waals surface area contributed by atoms with Crippen LogP contribution in [0.4, 0.5) is 5.13 Å². The van der Waals surface area contributed by atoms with E-state index in [9.17, 15) is 9.59 Å². The minimum absolute atomic E-state index is 0.0960. The molecule has 1 saturated carbocycles. The van der Waals surface area contributed by atoms with Crippen molar-refractivity contribution in [2.45, 2.75) is 25.3 Å². The van der Waals surface area contributed by atoms with Crippen LogP contribution in [0.5, 0.6) is 0 Å². The highest BCUT2D eigenvalue weighted by Gasteiger charge is 2.41. The lowest BCUT2D eigenvalue weighted by atomic mass is 10.1. The highest BCUT2D eigenvalue weighted by atomic mass is 35.5. The SMILES string of the molecule is O=C(Nc1nc(-c2ccc(Cl)cc2)cs1)[C@H]1CC(=O)N(C2CC2)C1. The van der Waals surface area contributed by atoms with Gasteiger partial charge in [-0.15, -0.1) is 11.3 Å². The molecule has 1 atom stereocenters. The summed E-state index contributed by atoms with van der Waals surface area (Å²) in [4.78, 5) is 30.7. The number of benzene rings is 1. The van der Waals surface area contributed by atoms with Crippen molar-refractivity contribution in [3.05, 3.63) is 34.7 Å². The van der Waals surface area contributed by atoms with Gasteiger partial charge in [-0.2, -0.15) is 0 Å². The number of hydrogen-bond donors (Lipinski definition) is 1. The molecular weight excluding hydrogens is 346 g/mol. The number of rotatable bonds is 4. The number of anilines is 1. The fourth-order valence-electron chi connectivity index (χ4n) is 2.94. The lowest BCUT2D eigenvalue weighted by molar-refractivity contribution is -0.128. The van der Waals surface area contributed by atoms with E-state index < -0.39 is 0 Å². The first kappa shape index (κ1) is 15.6. The van der Waals surface area contributed by atoms with Gasteiger partial charge in [-0.1, -0.05) is 23.7 Å². The molecule has 2 aromatic rings. The van der Waals surface area contributed by atoms with E-state index in [0.29, 0.717) is 29.2 Å². The third-order valence-corrected chi connectivity index (χ3v) is 5.40. The van der Waals surface area contributed by atoms with E-state index in [0.717, 1.165) is 24.1 Å². The fourth-order valence-corrected chi connectivity index (χ4v) is 3.79. The van der Waals surface area contributed by atoms with Crippen LogP contribution in [0.25, 0.3) is 11.3 Å². The van der Waals surface area contributed by atoms with E-state index in [4.69, 9.17) is 11.6 Å². The first-order valence-electron chi connectivity index (χ1n) is 7.92. The highest BCUT2D eigenvalue weighted by molar-refractivity contribution is 7.14. The van der Waals surface area contributed by atoms with Crippen LogP contribution in [0.1, 0.15) is 19.3 Å². The Morgan fingerprint density at radius 2 is 2.04 bits per heavy atom. The number of thiazole rings is 1. The number of halogens is 1. The van der Waals surface area contributed by atoms with Gasteiger partial charge in [0.05, 0.1) is 11.6 Å². The number of carbonyl (C=O) groups excluding carboxylic acids is 2. The van der Waals surface area contributed by atoms with Gasteiger partial charge in [-0.3, -0.25) is 9.59 Å². The Bertz CT molecular complexity index is 785. The van der Waals surface area contributed by atoms with Gasteiger partial charge in [0.25, 0.3) is 0 Å². The molecule has 2 heterocycles. The molecule has 0 bridgehead atoms. The summed E-state index contributed by atoms with van der Waals surface area (Å²) < 4.78 is 0. The fraction of sp³-hybridized carbons (Fsp3) is 0.353. The van der Waals surface area contributed by atoms with Gasteiger partial charge < -0.3 is 10.2 Å². The smallest absolute Gasteiger partial charge is 0.231 e. The second-order valence-electron chi connectivity index (χ2n) is 6.21. The number of carbonyl (C=O) groups is 2. The van der Waals surface area contributed by atoms with Crippen molar-refractivity contribution in [1.82, 2.24) is 9.88 Å². The summed E-state index contributed by atoms with van der Waals surface area (Å²) in [6.07, 6.45) is 2.44. The Morgan fingerprint density at radius 1 is 1.29 bits per heavy atom. The standard InChI is InChI=1S/C17H16ClN3O2S/c18-12-3-1-10(2-4-12)14-9-24-17(19-14)20-16(23)11-7-15(22)21(8-11)13-5-6-13/h1-4,9,11,13H,5-8H2,(H,19,20,23)/t11-/m0/s1. The van der Waals surface area contributed by atoms with Gasteiger partial charge in [-0.05, 0) is 25.0 Å². The predicted octanol–water partition coefficient (Wildman–Crippen LogP) is 3.41. The van der Waals surface area contributed by atoms with E-state index in [-0.39, 0.29) is 17.7 Å². The normalized spacial score (nSPS) is 20.5. The number of amides is 2. The van der Waals surface area contributed by atoms with Crippen molar-refractivity contribution in [1.29, 1.82) is 0 Å². The maximum Gasteiger partial charge on any atom is 0.231 e. The lowest BCUT2D eigenvalue weighted by Crippen LogP contribution is -2.29. The van der Waals surface area contributed by atoms with Crippen molar-refractivity contribution in [2.75, 3.05) is 11.9 Å². The highest BCUT2D eigenvalue weighted by Crippen LogP contribution is 2.33. The van der Waals surface area contributed by atoms with E-state index in [1.54, 1.807) is 0 Å². The largest absolute Gasteiger partial charge is 0.339 e. The summed E-state index contributed by atoms with van der Waals surface area (Å²) in [5.41, 5.74) is 1.75. The van der Waals surface area contributed by atoms with Crippen molar-refractivity contribution in [3.63, 3.8) is 0 Å². The van der Waals surface area contributed by atoms with Gasteiger partial charge in [0.15, 0.2) is 5.13 Å². The van der Waals surface area contributed by atoms with Crippen LogP contribution in [0.15, 0.2) is 29.6 Å². The number of nitrogens with zero attached hydrogens (tertiary/aromatic N) is 2. The molecule has 2 aliphatic rings. The molecule has 1 saturated heterocycles. The van der Waals surface area contributed by atoms with Crippen LogP contribution in [-0.2, 0) is 9.59 Å². The van der Waals surface area contributed by atoms with Crippen LogP contribution < -0.4 is 5.32 Å². The van der Waals surface area contributed by atoms with E-state index >= 15 is 0 Å². The molecule has 1 aliphatic heterocycles. The van der Waals surface area contributed by atoms with E-state index in [1.165, 1.54) is 11.3 Å². The predicted molar refractivity (Wildman–Crippen MR) is 94.0 cm³/mol. The third kappa shape index (κ3) is 3.16. The lowest BCUT2D eigenvalue weighted by Gasteiger charge is -2.14. The van der Waals surface area contributed by atoms with Crippen LogP contribution in [-0.4, -0.2) is 34.3 Å². The topological polar surface area (TPSA) is 62.3 Å². The quantitative estimate of drug-likeness (QED) is 0.907. The molecule has 1 aliphatic carbocycles. The molecule has 1 aromatic heterocycles. The molecule has 24 heavy (non-hydrogen) atoms. The zero-order valence-electron chi connectivity index (χ0n) is 12.9. The Balaban J connectivity index is 1.41. The Hall–Kier alpha value is -1.92. The Morgan fingerprint density at radius 3 is 2.75 bits per heavy atom. The van der Waals surface area contributed by atoms with E-state index in [2.05, 4.69) is 10.3 Å². The van der Waals surface area contributed by atoms with Gasteiger partial charge in [0.1, 0.15) is 0 Å². The molecule has 2 fully saturated rings. The minimum Gasteiger partial charge on any atom is -0.339 e. The Kier molecular flexibility index (Phi) is 4.02. The zero-order chi connectivity index (χ0) is 16.7. The maximum absolute atomic E-state index is 12.4. The molecule has 5 nitrogen and oxygen atoms in total. The zero-order valence-corrected chi connectivity index (χ0v) is 14.4. The van der Waals surface area contributed by atoms with Crippen molar-refractivity contribution in [2.24, 2.45) is 5.92 Å². The first-order chi connectivity index (χ1) is 11.6. The summed E-state index contributed by atoms with van der Waals surface area (Å²) in [6.45, 7) is 0.532. The minimum atomic E-state index is -0.277. The molecule has 1 N–H and O–H groups in total. The summed E-state index contributed by atoms with van der Waals surface area (Å²) in [7, 11) is 0. The molecule has 0 spiro atoms. The number of nitrogens with one attached hydrogen (secondary N) is 1. The van der Waals surface area contributed by atoms with Crippen molar-refractivity contribution >= 4 is 39.9 Å². The number of hydrogen-bond acceptors (Lipinski definition) is 4. The van der Waals surface area contributed by atoms with Crippen molar-refractivity contribution in [3.8, 4) is 11.3 Å². The molecule has 7 heteroatoms. The molecule has 1 aromatic carbocycles. The second-order valence-corrected chi connectivity index (χ2v) is 7.51. The third-order valence-electron chi connectivity index (χ3n) is 4.39.